The van der Waals surface area contributed by atoms with Crippen molar-refractivity contribution >= 4 is 5.91 Å². The van der Waals surface area contributed by atoms with Crippen LogP contribution in [0.15, 0.2) is 30.3 Å². The second-order valence-electron chi connectivity index (χ2n) is 4.85. The molecule has 100 valence electrons. The maximum absolute atomic E-state index is 11.8. The molecule has 4 N–H and O–H groups in total. The Bertz CT molecular complexity index is 365. The monoisotopic (exact) mass is 250 g/mol. The van der Waals surface area contributed by atoms with Crippen molar-refractivity contribution in [3.05, 3.63) is 35.9 Å². The second-order valence-corrected chi connectivity index (χ2v) is 4.85. The Labute approximate surface area is 108 Å². The Hall–Kier alpha value is -1.39. The molecule has 0 aromatic heterocycles. The summed E-state index contributed by atoms with van der Waals surface area (Å²) in [4.78, 5) is 11.8. The average Bonchev–Trinajstić information content (AvgIpc) is 2.37. The summed E-state index contributed by atoms with van der Waals surface area (Å²) in [6, 6.07) is 8.93. The van der Waals surface area contributed by atoms with Gasteiger partial charge in [-0.15, -0.1) is 0 Å². The van der Waals surface area contributed by atoms with E-state index in [4.69, 9.17) is 5.73 Å². The number of carbonyl (C=O) groups is 1. The minimum Gasteiger partial charge on any atom is -0.394 e. The van der Waals surface area contributed by atoms with E-state index in [1.807, 2.05) is 44.2 Å². The first kappa shape index (κ1) is 14.7. The molecule has 0 aliphatic rings. The van der Waals surface area contributed by atoms with Crippen LogP contribution in [0.25, 0.3) is 0 Å². The van der Waals surface area contributed by atoms with E-state index in [0.717, 1.165) is 5.56 Å². The molecule has 4 heteroatoms. The molecule has 1 rings (SSSR count). The molecule has 1 aromatic rings. The van der Waals surface area contributed by atoms with Gasteiger partial charge in [-0.3, -0.25) is 4.79 Å². The van der Waals surface area contributed by atoms with E-state index in [9.17, 15) is 9.90 Å². The molecular weight excluding hydrogens is 228 g/mol. The summed E-state index contributed by atoms with van der Waals surface area (Å²) < 4.78 is 0. The first-order valence-corrected chi connectivity index (χ1v) is 6.25. The number of aliphatic hydroxyl groups excluding tert-OH is 1. The Balaban J connectivity index is 2.55. The van der Waals surface area contributed by atoms with Crippen molar-refractivity contribution in [2.45, 2.75) is 32.4 Å². The lowest BCUT2D eigenvalue weighted by atomic mass is 10.0. The van der Waals surface area contributed by atoms with Gasteiger partial charge in [0.25, 0.3) is 0 Å². The standard InChI is InChI=1S/C14H22N2O2/c1-10(2)13(15)14(18)16-12(9-17)8-11-6-4-3-5-7-11/h3-7,10,12-13,17H,8-9,15H2,1-2H3,(H,16,18)/t12-,13-/m1/s1. The van der Waals surface area contributed by atoms with Gasteiger partial charge < -0.3 is 16.2 Å². The third kappa shape index (κ3) is 4.47. The van der Waals surface area contributed by atoms with Gasteiger partial charge in [-0.2, -0.15) is 0 Å². The van der Waals surface area contributed by atoms with Crippen LogP contribution in [0.3, 0.4) is 0 Å². The third-order valence-electron chi connectivity index (χ3n) is 2.91. The smallest absolute Gasteiger partial charge is 0.237 e. The van der Waals surface area contributed by atoms with Crippen molar-refractivity contribution in [3.63, 3.8) is 0 Å². The maximum Gasteiger partial charge on any atom is 0.237 e. The van der Waals surface area contributed by atoms with Gasteiger partial charge >= 0.3 is 0 Å². The van der Waals surface area contributed by atoms with Crippen molar-refractivity contribution in [2.75, 3.05) is 6.61 Å². The Morgan fingerprint density at radius 3 is 2.44 bits per heavy atom. The Kier molecular flexibility index (Phi) is 5.82. The summed E-state index contributed by atoms with van der Waals surface area (Å²) in [5.41, 5.74) is 6.84. The molecular formula is C14H22N2O2. The van der Waals surface area contributed by atoms with Gasteiger partial charge in [0.2, 0.25) is 5.91 Å². The van der Waals surface area contributed by atoms with E-state index in [1.54, 1.807) is 0 Å². The number of hydrogen-bond acceptors (Lipinski definition) is 3. The number of nitrogens with two attached hydrogens (primary N) is 1. The number of aliphatic hydroxyl groups is 1. The number of benzene rings is 1. The van der Waals surface area contributed by atoms with E-state index in [0.29, 0.717) is 6.42 Å². The van der Waals surface area contributed by atoms with E-state index in [2.05, 4.69) is 5.32 Å². The van der Waals surface area contributed by atoms with Crippen LogP contribution in [0.2, 0.25) is 0 Å². The van der Waals surface area contributed by atoms with E-state index in [-0.39, 0.29) is 24.5 Å². The van der Waals surface area contributed by atoms with E-state index >= 15 is 0 Å². The second kappa shape index (κ2) is 7.13. The van der Waals surface area contributed by atoms with Crippen molar-refractivity contribution < 1.29 is 9.90 Å². The predicted molar refractivity (Wildman–Crippen MR) is 72.0 cm³/mol. The number of carbonyl (C=O) groups excluding carboxylic acids is 1. The zero-order valence-corrected chi connectivity index (χ0v) is 11.0. The summed E-state index contributed by atoms with van der Waals surface area (Å²) in [6.45, 7) is 3.70. The predicted octanol–water partition coefficient (Wildman–Crippen LogP) is 0.690. The van der Waals surface area contributed by atoms with E-state index in [1.165, 1.54) is 0 Å². The molecule has 0 radical (unpaired) electrons. The van der Waals surface area contributed by atoms with Crippen LogP contribution in [-0.4, -0.2) is 29.7 Å². The lowest BCUT2D eigenvalue weighted by Gasteiger charge is -2.21. The molecule has 0 bridgehead atoms. The van der Waals surface area contributed by atoms with Gasteiger partial charge in [0, 0.05) is 0 Å². The molecule has 0 saturated carbocycles. The van der Waals surface area contributed by atoms with Crippen LogP contribution in [0.4, 0.5) is 0 Å². The Morgan fingerprint density at radius 2 is 1.94 bits per heavy atom. The molecule has 0 aliphatic heterocycles. The highest BCUT2D eigenvalue weighted by Gasteiger charge is 2.20. The molecule has 0 fully saturated rings. The fourth-order valence-electron chi connectivity index (χ4n) is 1.66. The van der Waals surface area contributed by atoms with Gasteiger partial charge in [0.1, 0.15) is 0 Å². The van der Waals surface area contributed by atoms with Crippen molar-refractivity contribution in [1.29, 1.82) is 0 Å². The highest BCUT2D eigenvalue weighted by Crippen LogP contribution is 2.04. The third-order valence-corrected chi connectivity index (χ3v) is 2.91. The molecule has 0 heterocycles. The molecule has 0 saturated heterocycles. The Morgan fingerprint density at radius 1 is 1.33 bits per heavy atom. The fraction of sp³-hybridized carbons (Fsp3) is 0.500. The highest BCUT2D eigenvalue weighted by atomic mass is 16.3. The largest absolute Gasteiger partial charge is 0.394 e. The topological polar surface area (TPSA) is 75.4 Å². The summed E-state index contributed by atoms with van der Waals surface area (Å²) in [5, 5.41) is 12.1. The lowest BCUT2D eigenvalue weighted by Crippen LogP contribution is -2.49. The normalized spacial score (nSPS) is 14.3. The number of hydrogen-bond donors (Lipinski definition) is 3. The first-order valence-electron chi connectivity index (χ1n) is 6.25. The van der Waals surface area contributed by atoms with Gasteiger partial charge in [0.15, 0.2) is 0 Å². The van der Waals surface area contributed by atoms with Crippen LogP contribution >= 0.6 is 0 Å². The molecule has 0 spiro atoms. The van der Waals surface area contributed by atoms with Crippen molar-refractivity contribution in [1.82, 2.24) is 5.32 Å². The molecule has 4 nitrogen and oxygen atoms in total. The number of nitrogens with one attached hydrogen (secondary N) is 1. The van der Waals surface area contributed by atoms with Gasteiger partial charge in [0.05, 0.1) is 18.7 Å². The molecule has 1 aromatic carbocycles. The average molecular weight is 250 g/mol. The summed E-state index contributed by atoms with van der Waals surface area (Å²) in [5.74, 6) is -0.124. The summed E-state index contributed by atoms with van der Waals surface area (Å²) in [6.07, 6.45) is 0.605. The molecule has 2 atom stereocenters. The quantitative estimate of drug-likeness (QED) is 0.695. The van der Waals surface area contributed by atoms with Crippen LogP contribution < -0.4 is 11.1 Å². The van der Waals surface area contributed by atoms with Crippen molar-refractivity contribution in [3.8, 4) is 0 Å². The highest BCUT2D eigenvalue weighted by molar-refractivity contribution is 5.82. The molecule has 18 heavy (non-hydrogen) atoms. The van der Waals surface area contributed by atoms with Gasteiger partial charge in [-0.05, 0) is 17.9 Å². The summed E-state index contributed by atoms with van der Waals surface area (Å²) >= 11 is 0. The number of rotatable bonds is 6. The maximum atomic E-state index is 11.8. The lowest BCUT2D eigenvalue weighted by molar-refractivity contribution is -0.124. The van der Waals surface area contributed by atoms with Gasteiger partial charge in [-0.25, -0.2) is 0 Å². The zero-order chi connectivity index (χ0) is 13.5. The number of amides is 1. The first-order chi connectivity index (χ1) is 8.54. The molecule has 1 amide bonds. The summed E-state index contributed by atoms with van der Waals surface area (Å²) in [7, 11) is 0. The van der Waals surface area contributed by atoms with Crippen LogP contribution in [0.5, 0.6) is 0 Å². The zero-order valence-electron chi connectivity index (χ0n) is 11.0. The minimum atomic E-state index is -0.533. The van der Waals surface area contributed by atoms with Crippen molar-refractivity contribution in [2.24, 2.45) is 11.7 Å². The fourth-order valence-corrected chi connectivity index (χ4v) is 1.66. The van der Waals surface area contributed by atoms with Crippen LogP contribution in [0, 0.1) is 5.92 Å². The molecule has 0 aliphatic carbocycles. The van der Waals surface area contributed by atoms with E-state index < -0.39 is 6.04 Å². The van der Waals surface area contributed by atoms with Gasteiger partial charge in [-0.1, -0.05) is 44.2 Å². The van der Waals surface area contributed by atoms with Crippen LogP contribution in [0.1, 0.15) is 19.4 Å². The minimum absolute atomic E-state index is 0.0843. The van der Waals surface area contributed by atoms with Crippen LogP contribution in [-0.2, 0) is 11.2 Å². The SMILES string of the molecule is CC(C)[C@@H](N)C(=O)N[C@@H](CO)Cc1ccccc1. The molecule has 0 unspecified atom stereocenters.